The minimum Gasteiger partial charge on any atom is -0.381 e. The molecule has 1 rings (SSSR count). The molecular weight excluding hydrogens is 190 g/mol. The van der Waals surface area contributed by atoms with Gasteiger partial charge in [-0.25, -0.2) is 0 Å². The molecule has 15 heavy (non-hydrogen) atoms. The molecular formula is C12H17NO2. The molecule has 0 aromatic heterocycles. The van der Waals surface area contributed by atoms with E-state index in [1.807, 2.05) is 37.3 Å². The molecule has 0 unspecified atom stereocenters. The maximum atomic E-state index is 11.3. The summed E-state index contributed by atoms with van der Waals surface area (Å²) < 4.78 is 5.10. The summed E-state index contributed by atoms with van der Waals surface area (Å²) in [7, 11) is 0. The average molecular weight is 207 g/mol. The van der Waals surface area contributed by atoms with Crippen molar-refractivity contribution in [1.82, 2.24) is 5.32 Å². The second-order valence-electron chi connectivity index (χ2n) is 3.21. The Bertz CT molecular complexity index is 285. The van der Waals surface area contributed by atoms with Crippen molar-refractivity contribution < 1.29 is 9.53 Å². The molecule has 0 saturated carbocycles. The molecule has 0 bridgehead atoms. The number of benzene rings is 1. The largest absolute Gasteiger partial charge is 0.381 e. The first-order valence-corrected chi connectivity index (χ1v) is 5.21. The molecule has 0 atom stereocenters. The molecule has 0 saturated heterocycles. The van der Waals surface area contributed by atoms with Crippen LogP contribution in [0.3, 0.4) is 0 Å². The second kappa shape index (κ2) is 7.01. The van der Waals surface area contributed by atoms with Crippen LogP contribution < -0.4 is 5.32 Å². The highest BCUT2D eigenvalue weighted by atomic mass is 16.5. The molecule has 0 aliphatic rings. The Morgan fingerprint density at radius 1 is 1.33 bits per heavy atom. The van der Waals surface area contributed by atoms with Crippen LogP contribution >= 0.6 is 0 Å². The fourth-order valence-electron chi connectivity index (χ4n) is 1.19. The van der Waals surface area contributed by atoms with Crippen LogP contribution in [0.25, 0.3) is 0 Å². The van der Waals surface area contributed by atoms with Crippen molar-refractivity contribution in [3.05, 3.63) is 35.9 Å². The highest BCUT2D eigenvalue weighted by Gasteiger charge is 2.00. The molecule has 0 aliphatic heterocycles. The molecule has 0 aliphatic carbocycles. The monoisotopic (exact) mass is 207 g/mol. The van der Waals surface area contributed by atoms with Gasteiger partial charge in [0.1, 0.15) is 0 Å². The molecule has 0 radical (unpaired) electrons. The highest BCUT2D eigenvalue weighted by molar-refractivity contribution is 5.75. The Morgan fingerprint density at radius 3 is 2.73 bits per heavy atom. The lowest BCUT2D eigenvalue weighted by atomic mass is 10.2. The third kappa shape index (κ3) is 5.18. The normalized spacial score (nSPS) is 9.93. The molecule has 1 amide bonds. The molecule has 0 heterocycles. The van der Waals surface area contributed by atoms with E-state index < -0.39 is 0 Å². The first kappa shape index (κ1) is 11.7. The summed E-state index contributed by atoms with van der Waals surface area (Å²) in [6.07, 6.45) is 0.431. The summed E-state index contributed by atoms with van der Waals surface area (Å²) in [5, 5.41) is 2.84. The smallest absolute Gasteiger partial charge is 0.222 e. The van der Waals surface area contributed by atoms with Gasteiger partial charge >= 0.3 is 0 Å². The van der Waals surface area contributed by atoms with Crippen molar-refractivity contribution in [3.63, 3.8) is 0 Å². The number of hydrogen-bond acceptors (Lipinski definition) is 2. The van der Waals surface area contributed by atoms with Crippen molar-refractivity contribution in [2.45, 2.75) is 19.9 Å². The predicted molar refractivity (Wildman–Crippen MR) is 59.4 cm³/mol. The summed E-state index contributed by atoms with van der Waals surface area (Å²) in [5.74, 6) is 0.0345. The van der Waals surface area contributed by atoms with E-state index in [-0.39, 0.29) is 5.91 Å². The third-order valence-corrected chi connectivity index (χ3v) is 2.01. The van der Waals surface area contributed by atoms with E-state index in [1.54, 1.807) is 0 Å². The van der Waals surface area contributed by atoms with Crippen molar-refractivity contribution in [3.8, 4) is 0 Å². The topological polar surface area (TPSA) is 38.3 Å². The van der Waals surface area contributed by atoms with Gasteiger partial charge in [0, 0.05) is 19.6 Å². The van der Waals surface area contributed by atoms with E-state index in [4.69, 9.17) is 4.74 Å². The summed E-state index contributed by atoms with van der Waals surface area (Å²) in [4.78, 5) is 11.3. The summed E-state index contributed by atoms with van der Waals surface area (Å²) in [5.41, 5.74) is 1.11. The molecule has 0 fully saturated rings. The Morgan fingerprint density at radius 2 is 2.07 bits per heavy atom. The van der Waals surface area contributed by atoms with Crippen LogP contribution in [0.1, 0.15) is 18.9 Å². The van der Waals surface area contributed by atoms with Crippen molar-refractivity contribution >= 4 is 5.91 Å². The maximum absolute atomic E-state index is 11.3. The van der Waals surface area contributed by atoms with E-state index in [0.717, 1.165) is 5.56 Å². The standard InChI is InChI=1S/C12H17NO2/c1-2-15-9-8-12(14)13-10-11-6-4-3-5-7-11/h3-7H,2,8-10H2,1H3,(H,13,14). The zero-order valence-corrected chi connectivity index (χ0v) is 9.03. The van der Waals surface area contributed by atoms with Gasteiger partial charge in [-0.3, -0.25) is 4.79 Å². The van der Waals surface area contributed by atoms with Crippen LogP contribution in [0.2, 0.25) is 0 Å². The molecule has 3 nitrogen and oxygen atoms in total. The molecule has 1 aromatic carbocycles. The summed E-state index contributed by atoms with van der Waals surface area (Å²) in [6.45, 7) is 3.66. The van der Waals surface area contributed by atoms with E-state index in [1.165, 1.54) is 0 Å². The highest BCUT2D eigenvalue weighted by Crippen LogP contribution is 1.97. The van der Waals surface area contributed by atoms with Gasteiger partial charge in [0.25, 0.3) is 0 Å². The Labute approximate surface area is 90.4 Å². The first-order chi connectivity index (χ1) is 7.33. The molecule has 3 heteroatoms. The average Bonchev–Trinajstić information content (AvgIpc) is 2.28. The maximum Gasteiger partial charge on any atom is 0.222 e. The van der Waals surface area contributed by atoms with Crippen LogP contribution in [0.15, 0.2) is 30.3 Å². The van der Waals surface area contributed by atoms with Crippen LogP contribution in [-0.2, 0) is 16.1 Å². The predicted octanol–water partition coefficient (Wildman–Crippen LogP) is 1.73. The van der Waals surface area contributed by atoms with Crippen LogP contribution in [0.4, 0.5) is 0 Å². The minimum absolute atomic E-state index is 0.0345. The Hall–Kier alpha value is -1.35. The SMILES string of the molecule is CCOCCC(=O)NCc1ccccc1. The molecule has 0 spiro atoms. The van der Waals surface area contributed by atoms with Crippen LogP contribution in [0.5, 0.6) is 0 Å². The van der Waals surface area contributed by atoms with E-state index in [9.17, 15) is 4.79 Å². The zero-order chi connectivity index (χ0) is 10.9. The van der Waals surface area contributed by atoms with Gasteiger partial charge in [-0.05, 0) is 12.5 Å². The van der Waals surface area contributed by atoms with Gasteiger partial charge in [0.15, 0.2) is 0 Å². The van der Waals surface area contributed by atoms with Gasteiger partial charge in [0.05, 0.1) is 6.61 Å². The van der Waals surface area contributed by atoms with Crippen molar-refractivity contribution in [2.24, 2.45) is 0 Å². The van der Waals surface area contributed by atoms with Crippen molar-refractivity contribution in [1.29, 1.82) is 0 Å². The minimum atomic E-state index is 0.0345. The molecule has 82 valence electrons. The van der Waals surface area contributed by atoms with Gasteiger partial charge in [-0.15, -0.1) is 0 Å². The lowest BCUT2D eigenvalue weighted by Gasteiger charge is -2.05. The van der Waals surface area contributed by atoms with E-state index in [2.05, 4.69) is 5.32 Å². The van der Waals surface area contributed by atoms with Crippen molar-refractivity contribution in [2.75, 3.05) is 13.2 Å². The lowest BCUT2D eigenvalue weighted by Crippen LogP contribution is -2.23. The van der Waals surface area contributed by atoms with Gasteiger partial charge in [-0.1, -0.05) is 30.3 Å². The van der Waals surface area contributed by atoms with Crippen LogP contribution in [-0.4, -0.2) is 19.1 Å². The fraction of sp³-hybridized carbons (Fsp3) is 0.417. The number of carbonyl (C=O) groups excluding carboxylic acids is 1. The lowest BCUT2D eigenvalue weighted by molar-refractivity contribution is -0.122. The zero-order valence-electron chi connectivity index (χ0n) is 9.03. The summed E-state index contributed by atoms with van der Waals surface area (Å²) in [6, 6.07) is 9.86. The number of amides is 1. The number of rotatable bonds is 6. The Kier molecular flexibility index (Phi) is 5.48. The second-order valence-corrected chi connectivity index (χ2v) is 3.21. The van der Waals surface area contributed by atoms with Gasteiger partial charge in [-0.2, -0.15) is 0 Å². The number of ether oxygens (including phenoxy) is 1. The van der Waals surface area contributed by atoms with Gasteiger partial charge in [0.2, 0.25) is 5.91 Å². The van der Waals surface area contributed by atoms with E-state index in [0.29, 0.717) is 26.2 Å². The molecule has 1 N–H and O–H groups in total. The Balaban J connectivity index is 2.17. The number of nitrogens with one attached hydrogen (secondary N) is 1. The fourth-order valence-corrected chi connectivity index (χ4v) is 1.19. The van der Waals surface area contributed by atoms with Gasteiger partial charge < -0.3 is 10.1 Å². The third-order valence-electron chi connectivity index (χ3n) is 2.01. The number of hydrogen-bond donors (Lipinski definition) is 1. The van der Waals surface area contributed by atoms with Crippen LogP contribution in [0, 0.1) is 0 Å². The summed E-state index contributed by atoms with van der Waals surface area (Å²) >= 11 is 0. The first-order valence-electron chi connectivity index (χ1n) is 5.21. The van der Waals surface area contributed by atoms with E-state index >= 15 is 0 Å². The number of carbonyl (C=O) groups is 1. The molecule has 1 aromatic rings. The quantitative estimate of drug-likeness (QED) is 0.721.